The lowest BCUT2D eigenvalue weighted by Crippen LogP contribution is -2.36. The minimum absolute atomic E-state index is 0.0959. The Bertz CT molecular complexity index is 521. The van der Waals surface area contributed by atoms with Gasteiger partial charge in [-0.15, -0.1) is 0 Å². The van der Waals surface area contributed by atoms with E-state index in [0.29, 0.717) is 6.04 Å². The number of fused-ring (bicyclic) bond motifs is 1. The van der Waals surface area contributed by atoms with Gasteiger partial charge < -0.3 is 16.0 Å². The summed E-state index contributed by atoms with van der Waals surface area (Å²) in [5, 5.41) is 3.63. The molecule has 114 valence electrons. The van der Waals surface area contributed by atoms with Crippen LogP contribution in [0.1, 0.15) is 36.8 Å². The lowest BCUT2D eigenvalue weighted by molar-refractivity contribution is -0.122. The van der Waals surface area contributed by atoms with Crippen LogP contribution in [-0.2, 0) is 17.8 Å². The Morgan fingerprint density at radius 3 is 2.81 bits per heavy atom. The number of carbonyl (C=O) groups excluding carboxylic acids is 1. The first kappa shape index (κ1) is 14.4. The number of nitrogens with zero attached hydrogens (tertiary/aromatic N) is 1. The van der Waals surface area contributed by atoms with Crippen LogP contribution in [0, 0.1) is 5.92 Å². The van der Waals surface area contributed by atoms with Crippen molar-refractivity contribution in [2.75, 3.05) is 18.5 Å². The zero-order chi connectivity index (χ0) is 14.8. The van der Waals surface area contributed by atoms with E-state index in [9.17, 15) is 4.79 Å². The van der Waals surface area contributed by atoms with Gasteiger partial charge in [0.15, 0.2) is 0 Å². The molecule has 0 radical (unpaired) electrons. The zero-order valence-corrected chi connectivity index (χ0v) is 12.8. The third kappa shape index (κ3) is 3.21. The summed E-state index contributed by atoms with van der Waals surface area (Å²) in [6, 6.07) is 7.32. The largest absolute Gasteiger partial charge is 0.374 e. The lowest BCUT2D eigenvalue weighted by atomic mass is 9.85. The second-order valence-corrected chi connectivity index (χ2v) is 6.47. The van der Waals surface area contributed by atoms with Crippen molar-refractivity contribution in [1.82, 2.24) is 5.32 Å². The van der Waals surface area contributed by atoms with Crippen molar-refractivity contribution < 1.29 is 4.79 Å². The molecule has 4 nitrogen and oxygen atoms in total. The van der Waals surface area contributed by atoms with E-state index in [1.165, 1.54) is 16.8 Å². The minimum Gasteiger partial charge on any atom is -0.374 e. The predicted molar refractivity (Wildman–Crippen MR) is 85.2 cm³/mol. The smallest absolute Gasteiger partial charge is 0.220 e. The highest BCUT2D eigenvalue weighted by molar-refractivity contribution is 5.76. The Kier molecular flexibility index (Phi) is 4.15. The van der Waals surface area contributed by atoms with Gasteiger partial charge in [0.25, 0.3) is 0 Å². The van der Waals surface area contributed by atoms with Crippen molar-refractivity contribution in [2.24, 2.45) is 11.7 Å². The standard InChI is InChI=1S/C17H25N3O/c1-20-9-8-14-10-12(2-7-16(14)20)11-19-15-5-3-13(4-6-15)17(18)21/h2,7,10,13,15,19H,3-6,8-9,11H2,1H3,(H2,18,21). The molecule has 1 aromatic rings. The number of amides is 1. The van der Waals surface area contributed by atoms with Crippen LogP contribution < -0.4 is 16.0 Å². The molecule has 1 saturated carbocycles. The van der Waals surface area contributed by atoms with Gasteiger partial charge in [0.05, 0.1) is 0 Å². The van der Waals surface area contributed by atoms with E-state index in [4.69, 9.17) is 5.73 Å². The molecular formula is C17H25N3O. The predicted octanol–water partition coefficient (Wildman–Crippen LogP) is 1.81. The van der Waals surface area contributed by atoms with Gasteiger partial charge in [-0.1, -0.05) is 12.1 Å². The van der Waals surface area contributed by atoms with Crippen molar-refractivity contribution in [3.8, 4) is 0 Å². The van der Waals surface area contributed by atoms with Gasteiger partial charge >= 0.3 is 0 Å². The number of nitrogens with one attached hydrogen (secondary N) is 1. The highest BCUT2D eigenvalue weighted by Crippen LogP contribution is 2.28. The Morgan fingerprint density at radius 2 is 2.10 bits per heavy atom. The maximum atomic E-state index is 11.2. The first-order valence-electron chi connectivity index (χ1n) is 7.99. The maximum absolute atomic E-state index is 11.2. The normalized spacial score (nSPS) is 24.9. The van der Waals surface area contributed by atoms with Crippen molar-refractivity contribution in [2.45, 2.75) is 44.7 Å². The third-order valence-corrected chi connectivity index (χ3v) is 5.00. The molecule has 3 N–H and O–H groups in total. The molecule has 1 aliphatic carbocycles. The Labute approximate surface area is 126 Å². The van der Waals surface area contributed by atoms with Gasteiger partial charge in [-0.05, 0) is 49.3 Å². The summed E-state index contributed by atoms with van der Waals surface area (Å²) < 4.78 is 0. The van der Waals surface area contributed by atoms with Crippen LogP contribution in [0.5, 0.6) is 0 Å². The number of benzene rings is 1. The van der Waals surface area contributed by atoms with Crippen molar-refractivity contribution in [3.63, 3.8) is 0 Å². The summed E-state index contributed by atoms with van der Waals surface area (Å²) in [6.45, 7) is 2.05. The molecular weight excluding hydrogens is 262 g/mol. The fraction of sp³-hybridized carbons (Fsp3) is 0.588. The molecule has 0 bridgehead atoms. The van der Waals surface area contributed by atoms with E-state index in [2.05, 4.69) is 35.5 Å². The topological polar surface area (TPSA) is 58.4 Å². The van der Waals surface area contributed by atoms with Crippen LogP contribution in [0.15, 0.2) is 18.2 Å². The van der Waals surface area contributed by atoms with Crippen LogP contribution in [0.25, 0.3) is 0 Å². The zero-order valence-electron chi connectivity index (χ0n) is 12.8. The summed E-state index contributed by atoms with van der Waals surface area (Å²) in [5.74, 6) is -0.0326. The molecule has 2 aliphatic rings. The molecule has 4 heteroatoms. The van der Waals surface area contributed by atoms with Crippen LogP contribution in [0.3, 0.4) is 0 Å². The van der Waals surface area contributed by atoms with E-state index in [1.807, 2.05) is 0 Å². The van der Waals surface area contributed by atoms with E-state index < -0.39 is 0 Å². The molecule has 1 aliphatic heterocycles. The number of hydrogen-bond donors (Lipinski definition) is 2. The summed E-state index contributed by atoms with van der Waals surface area (Å²) >= 11 is 0. The van der Waals surface area contributed by atoms with Gasteiger partial charge in [-0.25, -0.2) is 0 Å². The number of primary amides is 1. The van der Waals surface area contributed by atoms with E-state index in [1.54, 1.807) is 0 Å². The van der Waals surface area contributed by atoms with Gasteiger partial charge in [-0.3, -0.25) is 4.79 Å². The number of hydrogen-bond acceptors (Lipinski definition) is 3. The van der Waals surface area contributed by atoms with Gasteiger partial charge in [0.2, 0.25) is 5.91 Å². The van der Waals surface area contributed by atoms with Gasteiger partial charge in [-0.2, -0.15) is 0 Å². The fourth-order valence-corrected chi connectivity index (χ4v) is 3.57. The van der Waals surface area contributed by atoms with Crippen molar-refractivity contribution in [3.05, 3.63) is 29.3 Å². The second-order valence-electron chi connectivity index (χ2n) is 6.47. The average molecular weight is 287 g/mol. The van der Waals surface area contributed by atoms with Gasteiger partial charge in [0, 0.05) is 37.8 Å². The molecule has 0 saturated heterocycles. The van der Waals surface area contributed by atoms with Crippen LogP contribution in [0.4, 0.5) is 5.69 Å². The molecule has 21 heavy (non-hydrogen) atoms. The van der Waals surface area contributed by atoms with E-state index in [-0.39, 0.29) is 11.8 Å². The van der Waals surface area contributed by atoms with Crippen LogP contribution >= 0.6 is 0 Å². The summed E-state index contributed by atoms with van der Waals surface area (Å²) in [6.07, 6.45) is 5.13. The Morgan fingerprint density at radius 1 is 1.33 bits per heavy atom. The number of carbonyl (C=O) groups is 1. The summed E-state index contributed by atoms with van der Waals surface area (Å²) in [7, 11) is 2.15. The quantitative estimate of drug-likeness (QED) is 0.888. The summed E-state index contributed by atoms with van der Waals surface area (Å²) in [5.41, 5.74) is 9.58. The fourth-order valence-electron chi connectivity index (χ4n) is 3.57. The number of nitrogens with two attached hydrogens (primary N) is 1. The van der Waals surface area contributed by atoms with Crippen molar-refractivity contribution >= 4 is 11.6 Å². The third-order valence-electron chi connectivity index (χ3n) is 5.00. The SMILES string of the molecule is CN1CCc2cc(CNC3CCC(C(N)=O)CC3)ccc21. The number of likely N-dealkylation sites (N-methyl/N-ethyl adjacent to an activating group) is 1. The summed E-state index contributed by atoms with van der Waals surface area (Å²) in [4.78, 5) is 13.5. The first-order chi connectivity index (χ1) is 10.1. The minimum atomic E-state index is -0.129. The van der Waals surface area contributed by atoms with Crippen LogP contribution in [0.2, 0.25) is 0 Å². The molecule has 0 unspecified atom stereocenters. The van der Waals surface area contributed by atoms with E-state index >= 15 is 0 Å². The monoisotopic (exact) mass is 287 g/mol. The Balaban J connectivity index is 1.51. The van der Waals surface area contributed by atoms with E-state index in [0.717, 1.165) is 45.2 Å². The van der Waals surface area contributed by atoms with Crippen LogP contribution in [-0.4, -0.2) is 25.5 Å². The first-order valence-corrected chi connectivity index (χ1v) is 7.99. The second kappa shape index (κ2) is 6.06. The van der Waals surface area contributed by atoms with Crippen molar-refractivity contribution in [1.29, 1.82) is 0 Å². The molecule has 3 rings (SSSR count). The molecule has 1 fully saturated rings. The molecule has 1 amide bonds. The highest BCUT2D eigenvalue weighted by Gasteiger charge is 2.24. The molecule has 0 atom stereocenters. The molecule has 0 spiro atoms. The maximum Gasteiger partial charge on any atom is 0.220 e. The van der Waals surface area contributed by atoms with Gasteiger partial charge in [0.1, 0.15) is 0 Å². The molecule has 0 aromatic heterocycles. The highest BCUT2D eigenvalue weighted by atomic mass is 16.1. The molecule has 1 heterocycles. The lowest BCUT2D eigenvalue weighted by Gasteiger charge is -2.27. The Hall–Kier alpha value is -1.55. The average Bonchev–Trinajstić information content (AvgIpc) is 2.86. The number of anilines is 1. The number of rotatable bonds is 4. The molecule has 1 aromatic carbocycles.